The molecule has 0 fully saturated rings. The van der Waals surface area contributed by atoms with E-state index >= 15 is 0 Å². The van der Waals surface area contributed by atoms with Crippen LogP contribution in [0.5, 0.6) is 0 Å². The fraction of sp³-hybridized carbons (Fsp3) is 0.167. The number of benzene rings is 4. The maximum absolute atomic E-state index is 13.7. The summed E-state index contributed by atoms with van der Waals surface area (Å²) in [6, 6.07) is 28.7. The van der Waals surface area contributed by atoms with E-state index in [0.29, 0.717) is 65.1 Å². The molecule has 0 bridgehead atoms. The fourth-order valence-electron chi connectivity index (χ4n) is 5.31. The Morgan fingerprint density at radius 3 is 2.30 bits per heavy atom. The maximum Gasteiger partial charge on any atom is 0.265 e. The fourth-order valence-corrected chi connectivity index (χ4v) is 6.30. The zero-order valence-electron chi connectivity index (χ0n) is 25.5. The Morgan fingerprint density at radius 1 is 0.872 bits per heavy atom. The Labute approximate surface area is 270 Å². The predicted octanol–water partition coefficient (Wildman–Crippen LogP) is 6.63. The van der Waals surface area contributed by atoms with Crippen molar-refractivity contribution in [2.75, 3.05) is 0 Å². The highest BCUT2D eigenvalue weighted by atomic mass is 32.2. The molecule has 0 amide bonds. The van der Waals surface area contributed by atoms with Crippen molar-refractivity contribution in [1.82, 2.24) is 19.4 Å². The Balaban J connectivity index is 1.22. The summed E-state index contributed by atoms with van der Waals surface area (Å²) in [5, 5.41) is 4.48. The molecule has 0 radical (unpaired) electrons. The van der Waals surface area contributed by atoms with E-state index in [9.17, 15) is 22.4 Å². The zero-order chi connectivity index (χ0) is 33.0. The van der Waals surface area contributed by atoms with Gasteiger partial charge in [0.15, 0.2) is 5.76 Å². The van der Waals surface area contributed by atoms with E-state index in [-0.39, 0.29) is 22.8 Å². The van der Waals surface area contributed by atoms with E-state index < -0.39 is 15.8 Å². The Morgan fingerprint density at radius 2 is 1.57 bits per heavy atom. The van der Waals surface area contributed by atoms with Crippen LogP contribution in [0.2, 0.25) is 0 Å². The highest BCUT2D eigenvalue weighted by molar-refractivity contribution is 7.89. The molecule has 2 aromatic heterocycles. The van der Waals surface area contributed by atoms with Crippen molar-refractivity contribution in [3.05, 3.63) is 131 Å². The number of Topliss-reactive ketones (excluding diaryl/α,β-unsaturated/α-hetero) is 1. The van der Waals surface area contributed by atoms with Crippen molar-refractivity contribution in [3.63, 3.8) is 0 Å². The summed E-state index contributed by atoms with van der Waals surface area (Å²) in [7, 11) is -3.82. The minimum Gasteiger partial charge on any atom is -0.359 e. The minimum absolute atomic E-state index is 0.0920. The van der Waals surface area contributed by atoms with Gasteiger partial charge in [-0.1, -0.05) is 53.7 Å². The van der Waals surface area contributed by atoms with Gasteiger partial charge in [0.05, 0.1) is 28.0 Å². The number of nitrogens with zero attached hydrogens (tertiary/aromatic N) is 3. The lowest BCUT2D eigenvalue weighted by atomic mass is 10.1. The molecule has 47 heavy (non-hydrogen) atoms. The molecule has 11 heteroatoms. The summed E-state index contributed by atoms with van der Waals surface area (Å²) < 4.78 is 49.1. The summed E-state index contributed by atoms with van der Waals surface area (Å²) in [6.45, 7) is 1.42. The molecule has 0 unspecified atom stereocenters. The average Bonchev–Trinajstić information content (AvgIpc) is 3.56. The van der Waals surface area contributed by atoms with Crippen LogP contribution >= 0.6 is 0 Å². The molecule has 238 valence electrons. The number of halogens is 1. The van der Waals surface area contributed by atoms with Gasteiger partial charge in [0.25, 0.3) is 5.56 Å². The number of sulfonamides is 1. The van der Waals surface area contributed by atoms with E-state index in [1.54, 1.807) is 55.5 Å². The number of unbranched alkanes of at least 4 members (excludes halogenated alkanes) is 1. The normalized spacial score (nSPS) is 11.6. The van der Waals surface area contributed by atoms with Crippen LogP contribution in [0.1, 0.15) is 37.8 Å². The number of nitrogens with one attached hydrogen (secondary N) is 1. The molecule has 0 aliphatic carbocycles. The lowest BCUT2D eigenvalue weighted by Gasteiger charge is -2.14. The van der Waals surface area contributed by atoms with Crippen molar-refractivity contribution >= 4 is 26.7 Å². The number of fused-ring (bicyclic) bond motifs is 1. The van der Waals surface area contributed by atoms with E-state index in [2.05, 4.69) is 9.88 Å². The highest BCUT2D eigenvalue weighted by Gasteiger charge is 2.18. The Hall–Kier alpha value is -5.26. The average molecular weight is 651 g/mol. The molecule has 0 saturated heterocycles. The smallest absolute Gasteiger partial charge is 0.265 e. The van der Waals surface area contributed by atoms with E-state index in [1.807, 2.05) is 30.3 Å². The standard InChI is InChI=1S/C36H31FN4O5S/c1-24(42)7-5-6-10-35-39-34-21-27(13-20-32(34)36(43)41(35)29-16-14-28(37)15-17-29)33-22-30(46-40-33)23-38-47(44,45)31-18-11-26(12-19-31)25-8-3-2-4-9-25/h2-4,8-9,11-22,38H,5-7,10,23H2,1H3. The molecule has 0 saturated carbocycles. The molecule has 0 aliphatic heterocycles. The first kappa shape index (κ1) is 31.7. The van der Waals surface area contributed by atoms with Gasteiger partial charge in [0.2, 0.25) is 10.0 Å². The molecular weight excluding hydrogens is 619 g/mol. The molecule has 0 atom stereocenters. The number of rotatable bonds is 12. The second-order valence-corrected chi connectivity index (χ2v) is 12.9. The third kappa shape index (κ3) is 7.26. The monoisotopic (exact) mass is 650 g/mol. The molecule has 0 spiro atoms. The maximum atomic E-state index is 13.7. The molecule has 0 aliphatic rings. The second kappa shape index (κ2) is 13.6. The van der Waals surface area contributed by atoms with Gasteiger partial charge >= 0.3 is 0 Å². The van der Waals surface area contributed by atoms with Gasteiger partial charge in [-0.15, -0.1) is 0 Å². The van der Waals surface area contributed by atoms with Gasteiger partial charge < -0.3 is 9.32 Å². The van der Waals surface area contributed by atoms with E-state index in [1.165, 1.54) is 28.8 Å². The molecule has 2 heterocycles. The van der Waals surface area contributed by atoms with Crippen LogP contribution in [0.4, 0.5) is 4.39 Å². The van der Waals surface area contributed by atoms with Crippen LogP contribution < -0.4 is 10.3 Å². The van der Waals surface area contributed by atoms with Crippen molar-refractivity contribution in [2.24, 2.45) is 0 Å². The second-order valence-electron chi connectivity index (χ2n) is 11.2. The number of hydrogen-bond donors (Lipinski definition) is 1. The summed E-state index contributed by atoms with van der Waals surface area (Å²) >= 11 is 0. The van der Waals surface area contributed by atoms with Gasteiger partial charge in [-0.05, 0) is 79.4 Å². The number of ketones is 1. The van der Waals surface area contributed by atoms with E-state index in [4.69, 9.17) is 9.51 Å². The lowest BCUT2D eigenvalue weighted by Crippen LogP contribution is -2.24. The summed E-state index contributed by atoms with van der Waals surface area (Å²) in [6.07, 6.45) is 2.16. The minimum atomic E-state index is -3.82. The highest BCUT2D eigenvalue weighted by Crippen LogP contribution is 2.25. The molecule has 6 rings (SSSR count). The number of carbonyl (C=O) groups is 1. The molecule has 9 nitrogen and oxygen atoms in total. The summed E-state index contributed by atoms with van der Waals surface area (Å²) in [4.78, 5) is 30.1. The number of carbonyl (C=O) groups excluding carboxylic acids is 1. The van der Waals surface area contributed by atoms with Gasteiger partial charge in [-0.2, -0.15) is 0 Å². The van der Waals surface area contributed by atoms with Crippen LogP contribution in [-0.4, -0.2) is 28.9 Å². The van der Waals surface area contributed by atoms with Crippen LogP contribution in [0.3, 0.4) is 0 Å². The lowest BCUT2D eigenvalue weighted by molar-refractivity contribution is -0.117. The first-order chi connectivity index (χ1) is 22.7. The van der Waals surface area contributed by atoms with Crippen LogP contribution in [0, 0.1) is 5.82 Å². The van der Waals surface area contributed by atoms with Crippen molar-refractivity contribution < 1.29 is 22.1 Å². The zero-order valence-corrected chi connectivity index (χ0v) is 26.3. The SMILES string of the molecule is CC(=O)CCCCc1nc2cc(-c3cc(CNS(=O)(=O)c4ccc(-c5ccccc5)cc4)on3)ccc2c(=O)n1-c1ccc(F)cc1. The van der Waals surface area contributed by atoms with Gasteiger partial charge in [0, 0.05) is 24.5 Å². The number of aryl methyl sites for hydroxylation is 1. The molecular formula is C36H31FN4O5S. The summed E-state index contributed by atoms with van der Waals surface area (Å²) in [5.74, 6) is 0.465. The van der Waals surface area contributed by atoms with Crippen LogP contribution in [-0.2, 0) is 27.8 Å². The predicted molar refractivity (Wildman–Crippen MR) is 177 cm³/mol. The quantitative estimate of drug-likeness (QED) is 0.148. The Bertz CT molecular complexity index is 2210. The van der Waals surface area contributed by atoms with Crippen LogP contribution in [0.25, 0.3) is 39.0 Å². The number of hydrogen-bond acceptors (Lipinski definition) is 7. The topological polar surface area (TPSA) is 124 Å². The largest absolute Gasteiger partial charge is 0.359 e. The van der Waals surface area contributed by atoms with Gasteiger partial charge in [-0.3, -0.25) is 9.36 Å². The van der Waals surface area contributed by atoms with Gasteiger partial charge in [0.1, 0.15) is 23.1 Å². The van der Waals surface area contributed by atoms with Crippen molar-refractivity contribution in [2.45, 2.75) is 44.0 Å². The van der Waals surface area contributed by atoms with E-state index in [0.717, 1.165) is 11.1 Å². The first-order valence-corrected chi connectivity index (χ1v) is 16.6. The van der Waals surface area contributed by atoms with Crippen molar-refractivity contribution in [1.29, 1.82) is 0 Å². The third-order valence-corrected chi connectivity index (χ3v) is 9.18. The molecule has 6 aromatic rings. The summed E-state index contributed by atoms with van der Waals surface area (Å²) in [5.41, 5.74) is 3.60. The van der Waals surface area contributed by atoms with Crippen LogP contribution in [0.15, 0.2) is 117 Å². The molecule has 4 aromatic carbocycles. The van der Waals surface area contributed by atoms with Crippen molar-refractivity contribution in [3.8, 4) is 28.1 Å². The number of aromatic nitrogens is 3. The Kier molecular flexibility index (Phi) is 9.19. The molecule has 1 N–H and O–H groups in total. The first-order valence-electron chi connectivity index (χ1n) is 15.1. The third-order valence-electron chi connectivity index (χ3n) is 7.77. The van der Waals surface area contributed by atoms with Gasteiger partial charge in [-0.25, -0.2) is 22.5 Å².